The van der Waals surface area contributed by atoms with Crippen LogP contribution < -0.4 is 15.4 Å². The van der Waals surface area contributed by atoms with E-state index in [-0.39, 0.29) is 10.5 Å². The number of sulfonamides is 1. The Kier molecular flexibility index (Phi) is 5.76. The molecule has 35 heavy (non-hydrogen) atoms. The van der Waals surface area contributed by atoms with Crippen LogP contribution in [0.1, 0.15) is 32.6 Å². The first-order chi connectivity index (χ1) is 16.9. The lowest BCUT2D eigenvalue weighted by molar-refractivity contribution is 0.102. The summed E-state index contributed by atoms with van der Waals surface area (Å²) >= 11 is 0. The molecule has 0 saturated heterocycles. The van der Waals surface area contributed by atoms with Gasteiger partial charge in [0.15, 0.2) is 0 Å². The van der Waals surface area contributed by atoms with Gasteiger partial charge < -0.3 is 15.6 Å². The van der Waals surface area contributed by atoms with Crippen molar-refractivity contribution in [2.45, 2.75) is 24.8 Å². The molecule has 8 nitrogen and oxygen atoms in total. The van der Waals surface area contributed by atoms with E-state index in [9.17, 15) is 18.5 Å². The molecule has 0 atom stereocenters. The molecule has 0 bridgehead atoms. The third-order valence-electron chi connectivity index (χ3n) is 6.17. The van der Waals surface area contributed by atoms with E-state index in [1.165, 1.54) is 23.8 Å². The largest absolute Gasteiger partial charge is 0.358 e. The number of benzene rings is 3. The summed E-state index contributed by atoms with van der Waals surface area (Å²) in [7, 11) is -4.00. The lowest BCUT2D eigenvalue weighted by Gasteiger charge is -2.18. The maximum absolute atomic E-state index is 13.2. The molecule has 1 amide bonds. The molecule has 0 aliphatic carbocycles. The van der Waals surface area contributed by atoms with Crippen molar-refractivity contribution in [1.82, 2.24) is 10.3 Å². The number of aromatic amines is 1. The normalized spacial score (nSPS) is 13.1. The number of nitriles is 1. The number of hydrogen-bond acceptors (Lipinski definition) is 5. The maximum Gasteiger partial charge on any atom is 0.261 e. The third kappa shape index (κ3) is 4.37. The van der Waals surface area contributed by atoms with Gasteiger partial charge in [-0.25, -0.2) is 8.42 Å². The van der Waals surface area contributed by atoms with Crippen LogP contribution in [0, 0.1) is 18.3 Å². The molecule has 9 heteroatoms. The first kappa shape index (κ1) is 22.7. The number of hydrogen-bond donors (Lipinski definition) is 4. The Morgan fingerprint density at radius 3 is 2.77 bits per heavy atom. The summed E-state index contributed by atoms with van der Waals surface area (Å²) in [6.45, 7) is 3.54. The van der Waals surface area contributed by atoms with Gasteiger partial charge in [0.2, 0.25) is 0 Å². The van der Waals surface area contributed by atoms with Crippen LogP contribution in [0.4, 0.5) is 11.4 Å². The molecule has 1 aromatic heterocycles. The van der Waals surface area contributed by atoms with E-state index in [1.54, 1.807) is 24.4 Å². The van der Waals surface area contributed by atoms with Gasteiger partial charge in [-0.1, -0.05) is 18.2 Å². The van der Waals surface area contributed by atoms with Crippen LogP contribution in [0.3, 0.4) is 0 Å². The highest BCUT2D eigenvalue weighted by atomic mass is 32.2. The van der Waals surface area contributed by atoms with Gasteiger partial charge in [-0.15, -0.1) is 0 Å². The molecule has 2 heterocycles. The first-order valence-corrected chi connectivity index (χ1v) is 12.6. The number of anilines is 2. The molecule has 176 valence electrons. The zero-order chi connectivity index (χ0) is 24.6. The minimum atomic E-state index is -4.00. The van der Waals surface area contributed by atoms with Crippen molar-refractivity contribution in [3.63, 3.8) is 0 Å². The number of carbonyl (C=O) groups is 1. The Hall–Kier alpha value is -4.13. The highest BCUT2D eigenvalue weighted by Gasteiger charge is 2.20. The van der Waals surface area contributed by atoms with E-state index in [2.05, 4.69) is 26.4 Å². The lowest BCUT2D eigenvalue weighted by atomic mass is 10.0. The van der Waals surface area contributed by atoms with Crippen molar-refractivity contribution in [1.29, 1.82) is 5.26 Å². The van der Waals surface area contributed by atoms with E-state index in [4.69, 9.17) is 0 Å². The van der Waals surface area contributed by atoms with E-state index in [0.717, 1.165) is 30.6 Å². The zero-order valence-corrected chi connectivity index (χ0v) is 19.8. The standard InChI is InChI=1S/C26H23N5O3S/c1-16-5-8-23(25-24(16)20(13-27)15-29-25)31-35(33,34)22-4-2-3-18(12-22)26(32)30-21-7-6-17-9-10-28-14-19(17)11-21/h2-8,11-12,15,28-29,31H,9-10,14H2,1H3,(H,30,32). The Bertz CT molecular complexity index is 1620. The molecular weight excluding hydrogens is 462 g/mol. The summed E-state index contributed by atoms with van der Waals surface area (Å²) in [4.78, 5) is 15.8. The number of nitrogens with zero attached hydrogens (tertiary/aromatic N) is 1. The number of carbonyl (C=O) groups excluding carboxylic acids is 1. The Morgan fingerprint density at radius 1 is 1.09 bits per heavy atom. The number of fused-ring (bicyclic) bond motifs is 2. The van der Waals surface area contributed by atoms with Crippen molar-refractivity contribution in [2.24, 2.45) is 0 Å². The van der Waals surface area contributed by atoms with Gasteiger partial charge in [-0.2, -0.15) is 5.26 Å². The first-order valence-electron chi connectivity index (χ1n) is 11.1. The topological polar surface area (TPSA) is 127 Å². The monoisotopic (exact) mass is 485 g/mol. The second kappa shape index (κ2) is 8.91. The van der Waals surface area contributed by atoms with Crippen LogP contribution in [0.15, 0.2) is 65.7 Å². The van der Waals surface area contributed by atoms with Crippen LogP contribution >= 0.6 is 0 Å². The van der Waals surface area contributed by atoms with Gasteiger partial charge in [-0.05, 0) is 73.0 Å². The van der Waals surface area contributed by atoms with Crippen molar-refractivity contribution >= 4 is 38.2 Å². The number of aromatic nitrogens is 1. The smallest absolute Gasteiger partial charge is 0.261 e. The van der Waals surface area contributed by atoms with E-state index < -0.39 is 15.9 Å². The minimum absolute atomic E-state index is 0.0411. The molecule has 4 N–H and O–H groups in total. The van der Waals surface area contributed by atoms with Gasteiger partial charge in [-0.3, -0.25) is 9.52 Å². The summed E-state index contributed by atoms with van der Waals surface area (Å²) in [6, 6.07) is 17.2. The van der Waals surface area contributed by atoms with Crippen LogP contribution in [0.5, 0.6) is 0 Å². The zero-order valence-electron chi connectivity index (χ0n) is 19.0. The van der Waals surface area contributed by atoms with E-state index >= 15 is 0 Å². The van der Waals surface area contributed by atoms with E-state index in [0.29, 0.717) is 27.8 Å². The fourth-order valence-electron chi connectivity index (χ4n) is 4.36. The second-order valence-electron chi connectivity index (χ2n) is 8.49. The lowest BCUT2D eigenvalue weighted by Crippen LogP contribution is -2.23. The molecule has 0 radical (unpaired) electrons. The predicted molar refractivity (Wildman–Crippen MR) is 135 cm³/mol. The molecule has 4 aromatic rings. The molecule has 3 aromatic carbocycles. The summed E-state index contributed by atoms with van der Waals surface area (Å²) in [5.41, 5.74) is 5.44. The van der Waals surface area contributed by atoms with Crippen LogP contribution in [0.2, 0.25) is 0 Å². The number of nitrogens with one attached hydrogen (secondary N) is 4. The molecule has 1 aliphatic rings. The maximum atomic E-state index is 13.2. The van der Waals surface area contributed by atoms with Crippen LogP contribution in [0.25, 0.3) is 10.9 Å². The molecular formula is C26H23N5O3S. The number of rotatable bonds is 5. The van der Waals surface area contributed by atoms with Gasteiger partial charge in [0, 0.05) is 29.4 Å². The molecule has 0 fully saturated rings. The SMILES string of the molecule is Cc1ccc(NS(=O)(=O)c2cccc(C(=O)Nc3ccc4c(c3)CNCC4)c2)c2[nH]cc(C#N)c12. The molecule has 5 rings (SSSR count). The van der Waals surface area contributed by atoms with Crippen molar-refractivity contribution in [3.05, 3.63) is 88.6 Å². The highest BCUT2D eigenvalue weighted by Crippen LogP contribution is 2.30. The Morgan fingerprint density at radius 2 is 1.94 bits per heavy atom. The molecule has 0 unspecified atom stereocenters. The van der Waals surface area contributed by atoms with Crippen molar-refractivity contribution in [3.8, 4) is 6.07 Å². The third-order valence-corrected chi connectivity index (χ3v) is 7.53. The fourth-order valence-corrected chi connectivity index (χ4v) is 5.48. The van der Waals surface area contributed by atoms with Gasteiger partial charge in [0.05, 0.1) is 21.7 Å². The summed E-state index contributed by atoms with van der Waals surface area (Å²) < 4.78 is 28.9. The average molecular weight is 486 g/mol. The number of aryl methyl sites for hydroxylation is 1. The quantitative estimate of drug-likeness (QED) is 0.339. The van der Waals surface area contributed by atoms with Crippen LogP contribution in [-0.2, 0) is 23.0 Å². The second-order valence-corrected chi connectivity index (χ2v) is 10.2. The van der Waals surface area contributed by atoms with Gasteiger partial charge >= 0.3 is 0 Å². The Balaban J connectivity index is 1.40. The van der Waals surface area contributed by atoms with Crippen molar-refractivity contribution < 1.29 is 13.2 Å². The molecule has 0 spiro atoms. The predicted octanol–water partition coefficient (Wildman–Crippen LogP) is 4.05. The van der Waals surface area contributed by atoms with Gasteiger partial charge in [0.1, 0.15) is 6.07 Å². The average Bonchev–Trinajstić information content (AvgIpc) is 3.31. The van der Waals surface area contributed by atoms with Crippen molar-refractivity contribution in [2.75, 3.05) is 16.6 Å². The summed E-state index contributed by atoms with van der Waals surface area (Å²) in [5, 5.41) is 16.2. The summed E-state index contributed by atoms with van der Waals surface area (Å²) in [6.07, 6.45) is 2.50. The minimum Gasteiger partial charge on any atom is -0.358 e. The Labute approximate surface area is 203 Å². The van der Waals surface area contributed by atoms with Gasteiger partial charge in [0.25, 0.3) is 15.9 Å². The molecule has 0 saturated carbocycles. The number of H-pyrrole nitrogens is 1. The van der Waals surface area contributed by atoms with E-state index in [1.807, 2.05) is 25.1 Å². The number of amides is 1. The van der Waals surface area contributed by atoms with Crippen LogP contribution in [-0.4, -0.2) is 25.9 Å². The summed E-state index contributed by atoms with van der Waals surface area (Å²) in [5.74, 6) is -0.397. The fraction of sp³-hybridized carbons (Fsp3) is 0.154. The molecule has 1 aliphatic heterocycles. The highest BCUT2D eigenvalue weighted by molar-refractivity contribution is 7.92.